The molecule has 0 fully saturated rings. The van der Waals surface area contributed by atoms with Gasteiger partial charge in [-0.05, 0) is 18.8 Å². The fourth-order valence-electron chi connectivity index (χ4n) is 5.46. The normalized spacial score (nSPS) is 12.0. The maximum absolute atomic E-state index is 12.4. The second-order valence-corrected chi connectivity index (χ2v) is 12.9. The van der Waals surface area contributed by atoms with Crippen molar-refractivity contribution >= 4 is 17.8 Å². The first-order chi connectivity index (χ1) is 20.4. The van der Waals surface area contributed by atoms with E-state index in [4.69, 9.17) is 4.74 Å². The zero-order chi connectivity index (χ0) is 31.1. The SMILES string of the molecule is CCCCCCCCCCCCCC(=O)N[C@@H](CC(=O)O)C(=O)OCCCCCCCCCCCCCCCC(C)C. The first kappa shape index (κ1) is 40.4. The van der Waals surface area contributed by atoms with Crippen LogP contribution in [-0.4, -0.2) is 35.6 Å². The summed E-state index contributed by atoms with van der Waals surface area (Å²) in [6.45, 7) is 7.12. The van der Waals surface area contributed by atoms with Crippen LogP contribution in [0.3, 0.4) is 0 Å². The molecule has 248 valence electrons. The number of ether oxygens (including phenoxy) is 1. The first-order valence-electron chi connectivity index (χ1n) is 18.0. The van der Waals surface area contributed by atoms with Gasteiger partial charge in [0, 0.05) is 6.42 Å². The van der Waals surface area contributed by atoms with E-state index in [-0.39, 0.29) is 12.5 Å². The number of carbonyl (C=O) groups excluding carboxylic acids is 2. The van der Waals surface area contributed by atoms with Gasteiger partial charge in [0.15, 0.2) is 0 Å². The Hall–Kier alpha value is -1.59. The molecule has 0 rings (SSSR count). The zero-order valence-electron chi connectivity index (χ0n) is 28.0. The Morgan fingerprint density at radius 3 is 1.43 bits per heavy atom. The van der Waals surface area contributed by atoms with Crippen molar-refractivity contribution in [3.63, 3.8) is 0 Å². The Balaban J connectivity index is 3.75. The number of carboxylic acids is 1. The average molecular weight is 596 g/mol. The number of amides is 1. The molecule has 0 spiro atoms. The van der Waals surface area contributed by atoms with Gasteiger partial charge < -0.3 is 15.2 Å². The monoisotopic (exact) mass is 596 g/mol. The van der Waals surface area contributed by atoms with Gasteiger partial charge in [0.1, 0.15) is 6.04 Å². The number of nitrogens with one attached hydrogen (secondary N) is 1. The van der Waals surface area contributed by atoms with Crippen molar-refractivity contribution in [1.29, 1.82) is 0 Å². The van der Waals surface area contributed by atoms with Crippen LogP contribution in [0.1, 0.15) is 194 Å². The number of carbonyl (C=O) groups is 3. The number of esters is 1. The van der Waals surface area contributed by atoms with E-state index in [1.54, 1.807) is 0 Å². The van der Waals surface area contributed by atoms with Crippen molar-refractivity contribution in [2.75, 3.05) is 6.61 Å². The summed E-state index contributed by atoms with van der Waals surface area (Å²) >= 11 is 0. The molecule has 2 N–H and O–H groups in total. The molecule has 0 aliphatic rings. The summed E-state index contributed by atoms with van der Waals surface area (Å²) in [4.78, 5) is 36.0. The minimum atomic E-state index is -1.12. The van der Waals surface area contributed by atoms with E-state index in [1.807, 2.05) is 0 Å². The number of unbranched alkanes of at least 4 members (excludes halogenated alkanes) is 22. The predicted octanol–water partition coefficient (Wildman–Crippen LogP) is 10.3. The van der Waals surface area contributed by atoms with Crippen molar-refractivity contribution in [2.45, 2.75) is 200 Å². The number of rotatable bonds is 32. The molecule has 0 unspecified atom stereocenters. The molecule has 0 saturated heterocycles. The molecular formula is C36H69NO5. The Kier molecular flexibility index (Phi) is 29.7. The Bertz CT molecular complexity index is 636. The molecule has 0 heterocycles. The lowest BCUT2D eigenvalue weighted by Crippen LogP contribution is -2.43. The van der Waals surface area contributed by atoms with Crippen molar-refractivity contribution < 1.29 is 24.2 Å². The van der Waals surface area contributed by atoms with Crippen LogP contribution in [0.15, 0.2) is 0 Å². The largest absolute Gasteiger partial charge is 0.481 e. The molecule has 6 heteroatoms. The summed E-state index contributed by atoms with van der Waals surface area (Å²) in [5.74, 6) is -1.18. The van der Waals surface area contributed by atoms with Crippen LogP contribution in [0, 0.1) is 5.92 Å². The van der Waals surface area contributed by atoms with Gasteiger partial charge in [0.2, 0.25) is 5.91 Å². The lowest BCUT2D eigenvalue weighted by atomic mass is 10.0. The summed E-state index contributed by atoms with van der Waals surface area (Å²) < 4.78 is 5.32. The molecule has 0 aromatic heterocycles. The van der Waals surface area contributed by atoms with Crippen molar-refractivity contribution in [3.8, 4) is 0 Å². The van der Waals surface area contributed by atoms with Gasteiger partial charge in [-0.2, -0.15) is 0 Å². The average Bonchev–Trinajstić information content (AvgIpc) is 2.94. The minimum absolute atomic E-state index is 0.268. The number of aliphatic carboxylic acids is 1. The second-order valence-electron chi connectivity index (χ2n) is 12.9. The second kappa shape index (κ2) is 30.9. The summed E-state index contributed by atoms with van der Waals surface area (Å²) in [7, 11) is 0. The standard InChI is InChI=1S/C36H69NO5/c1-4-5-6-7-8-9-13-17-20-23-26-29-34(38)37-33(31-35(39)40)36(41)42-30-27-24-21-18-15-12-10-11-14-16-19-22-25-28-32(2)3/h32-33H,4-31H2,1-3H3,(H,37,38)(H,39,40)/t33-/m0/s1. The van der Waals surface area contributed by atoms with Crippen LogP contribution in [0.25, 0.3) is 0 Å². The van der Waals surface area contributed by atoms with Crippen LogP contribution >= 0.6 is 0 Å². The van der Waals surface area contributed by atoms with E-state index in [0.29, 0.717) is 6.42 Å². The van der Waals surface area contributed by atoms with Crippen LogP contribution < -0.4 is 5.32 Å². The van der Waals surface area contributed by atoms with E-state index in [9.17, 15) is 19.5 Å². The molecule has 1 amide bonds. The molecule has 42 heavy (non-hydrogen) atoms. The van der Waals surface area contributed by atoms with Crippen molar-refractivity contribution in [2.24, 2.45) is 5.92 Å². The van der Waals surface area contributed by atoms with E-state index >= 15 is 0 Å². The molecule has 0 aromatic carbocycles. The van der Waals surface area contributed by atoms with E-state index in [1.165, 1.54) is 122 Å². The molecule has 0 radical (unpaired) electrons. The summed E-state index contributed by atoms with van der Waals surface area (Å²) in [6, 6.07) is -1.11. The molecule has 0 aromatic rings. The van der Waals surface area contributed by atoms with Gasteiger partial charge in [0.25, 0.3) is 0 Å². The predicted molar refractivity (Wildman–Crippen MR) is 176 cm³/mol. The Morgan fingerprint density at radius 2 is 1.00 bits per heavy atom. The van der Waals surface area contributed by atoms with Gasteiger partial charge >= 0.3 is 11.9 Å². The summed E-state index contributed by atoms with van der Waals surface area (Å²) in [5, 5.41) is 11.8. The molecule has 6 nitrogen and oxygen atoms in total. The third-order valence-electron chi connectivity index (χ3n) is 8.18. The highest BCUT2D eigenvalue weighted by Gasteiger charge is 2.25. The maximum atomic E-state index is 12.4. The van der Waals surface area contributed by atoms with Crippen LogP contribution in [0.5, 0.6) is 0 Å². The highest BCUT2D eigenvalue weighted by molar-refractivity contribution is 5.87. The van der Waals surface area contributed by atoms with Gasteiger partial charge in [-0.25, -0.2) is 4.79 Å². The van der Waals surface area contributed by atoms with Crippen LogP contribution in [0.2, 0.25) is 0 Å². The third-order valence-corrected chi connectivity index (χ3v) is 8.18. The molecule has 0 aliphatic carbocycles. The quantitative estimate of drug-likeness (QED) is 0.0596. The lowest BCUT2D eigenvalue weighted by Gasteiger charge is -2.16. The molecule has 0 bridgehead atoms. The number of hydrogen-bond donors (Lipinski definition) is 2. The molecular weight excluding hydrogens is 526 g/mol. The Labute approximate surface area is 259 Å². The van der Waals surface area contributed by atoms with Gasteiger partial charge in [-0.1, -0.05) is 168 Å². The minimum Gasteiger partial charge on any atom is -0.481 e. The third kappa shape index (κ3) is 29.9. The molecule has 0 saturated carbocycles. The summed E-state index contributed by atoms with van der Waals surface area (Å²) in [6.07, 6.45) is 30.8. The van der Waals surface area contributed by atoms with E-state index < -0.39 is 24.4 Å². The first-order valence-corrected chi connectivity index (χ1v) is 18.0. The van der Waals surface area contributed by atoms with Crippen molar-refractivity contribution in [1.82, 2.24) is 5.32 Å². The van der Waals surface area contributed by atoms with Gasteiger partial charge in [-0.3, -0.25) is 9.59 Å². The number of carboxylic acid groups (broad SMARTS) is 1. The fraction of sp³-hybridized carbons (Fsp3) is 0.917. The maximum Gasteiger partial charge on any atom is 0.329 e. The van der Waals surface area contributed by atoms with Gasteiger partial charge in [-0.15, -0.1) is 0 Å². The zero-order valence-corrected chi connectivity index (χ0v) is 28.0. The smallest absolute Gasteiger partial charge is 0.329 e. The highest BCUT2D eigenvalue weighted by atomic mass is 16.5. The topological polar surface area (TPSA) is 92.7 Å². The van der Waals surface area contributed by atoms with Crippen LogP contribution in [0.4, 0.5) is 0 Å². The molecule has 1 atom stereocenters. The lowest BCUT2D eigenvalue weighted by molar-refractivity contribution is -0.151. The van der Waals surface area contributed by atoms with E-state index in [0.717, 1.165) is 44.4 Å². The van der Waals surface area contributed by atoms with Crippen molar-refractivity contribution in [3.05, 3.63) is 0 Å². The molecule has 0 aliphatic heterocycles. The highest BCUT2D eigenvalue weighted by Crippen LogP contribution is 2.15. The van der Waals surface area contributed by atoms with E-state index in [2.05, 4.69) is 26.1 Å². The summed E-state index contributed by atoms with van der Waals surface area (Å²) in [5.41, 5.74) is 0. The Morgan fingerprint density at radius 1 is 0.595 bits per heavy atom. The van der Waals surface area contributed by atoms with Crippen LogP contribution in [-0.2, 0) is 19.1 Å². The van der Waals surface area contributed by atoms with Gasteiger partial charge in [0.05, 0.1) is 13.0 Å². The fourth-order valence-corrected chi connectivity index (χ4v) is 5.46. The number of hydrogen-bond acceptors (Lipinski definition) is 4.